The first-order chi connectivity index (χ1) is 8.52. The minimum Gasteiger partial charge on any atom is -0.313 e. The number of thiol groups is 2. The molecule has 18 heavy (non-hydrogen) atoms. The van der Waals surface area contributed by atoms with Crippen LogP contribution in [0.2, 0.25) is 0 Å². The highest BCUT2D eigenvalue weighted by Crippen LogP contribution is 2.28. The molecule has 2 amide bonds. The molecule has 0 heterocycles. The molecule has 0 aliphatic heterocycles. The molecule has 0 radical (unpaired) electrons. The Bertz CT molecular complexity index is 410. The first kappa shape index (κ1) is 14.9. The second kappa shape index (κ2) is 6.70. The van der Waals surface area contributed by atoms with Crippen molar-refractivity contribution in [2.24, 2.45) is 0 Å². The summed E-state index contributed by atoms with van der Waals surface area (Å²) in [5.74, 6) is -0.0144. The van der Waals surface area contributed by atoms with E-state index in [0.717, 1.165) is 0 Å². The second-order valence-corrected chi connectivity index (χ2v) is 4.34. The van der Waals surface area contributed by atoms with Crippen molar-refractivity contribution >= 4 is 48.4 Å². The van der Waals surface area contributed by atoms with Crippen LogP contribution in [0.1, 0.15) is 0 Å². The topological polar surface area (TPSA) is 40.6 Å². The first-order valence-corrected chi connectivity index (χ1v) is 6.63. The number of nitrogens with zero attached hydrogens (tertiary/aromatic N) is 2. The number of amides is 2. The summed E-state index contributed by atoms with van der Waals surface area (Å²) in [6, 6.07) is 7.22. The minimum atomic E-state index is -0.127. The molecule has 0 aliphatic carbocycles. The number of anilines is 2. The Labute approximate surface area is 118 Å². The third-order valence-corrected chi connectivity index (χ3v) is 3.16. The molecule has 1 aromatic carbocycles. The molecule has 6 heteroatoms. The van der Waals surface area contributed by atoms with Gasteiger partial charge in [-0.25, -0.2) is 0 Å². The zero-order valence-electron chi connectivity index (χ0n) is 10.3. The summed E-state index contributed by atoms with van der Waals surface area (Å²) in [5.41, 5.74) is 1.35. The van der Waals surface area contributed by atoms with Gasteiger partial charge in [0.2, 0.25) is 11.8 Å². The monoisotopic (exact) mass is 284 g/mol. The van der Waals surface area contributed by atoms with Crippen LogP contribution in [0.25, 0.3) is 0 Å². The molecule has 0 aliphatic rings. The summed E-state index contributed by atoms with van der Waals surface area (Å²) in [6.07, 6.45) is 0. The maximum atomic E-state index is 11.7. The number of carbonyl (C=O) groups is 2. The van der Waals surface area contributed by atoms with E-state index < -0.39 is 0 Å². The normalized spacial score (nSPS) is 10.0. The standard InChI is InChI=1S/C12H16N2O2S2/c1-13(11(15)7-17)9-5-3-4-6-10(9)14(2)12(16)8-18/h3-6,17-18H,7-8H2,1-2H3. The van der Waals surface area contributed by atoms with E-state index in [4.69, 9.17) is 0 Å². The zero-order chi connectivity index (χ0) is 13.7. The van der Waals surface area contributed by atoms with E-state index in [2.05, 4.69) is 25.3 Å². The lowest BCUT2D eigenvalue weighted by Gasteiger charge is -2.25. The Morgan fingerprint density at radius 1 is 0.944 bits per heavy atom. The average Bonchev–Trinajstić information content (AvgIpc) is 2.43. The van der Waals surface area contributed by atoms with Crippen molar-refractivity contribution < 1.29 is 9.59 Å². The van der Waals surface area contributed by atoms with E-state index in [1.54, 1.807) is 26.2 Å². The van der Waals surface area contributed by atoms with E-state index in [0.29, 0.717) is 11.4 Å². The maximum Gasteiger partial charge on any atom is 0.236 e. The summed E-state index contributed by atoms with van der Waals surface area (Å²) in [4.78, 5) is 26.3. The average molecular weight is 284 g/mol. The van der Waals surface area contributed by atoms with Crippen LogP contribution >= 0.6 is 25.3 Å². The molecular weight excluding hydrogens is 268 g/mol. The van der Waals surface area contributed by atoms with Crippen LogP contribution in [0.4, 0.5) is 11.4 Å². The van der Waals surface area contributed by atoms with Crippen molar-refractivity contribution in [1.29, 1.82) is 0 Å². The molecule has 4 nitrogen and oxygen atoms in total. The van der Waals surface area contributed by atoms with Gasteiger partial charge in [-0.3, -0.25) is 9.59 Å². The van der Waals surface area contributed by atoms with Gasteiger partial charge in [0.15, 0.2) is 0 Å². The van der Waals surface area contributed by atoms with Gasteiger partial charge >= 0.3 is 0 Å². The first-order valence-electron chi connectivity index (χ1n) is 5.36. The molecule has 0 fully saturated rings. The van der Waals surface area contributed by atoms with E-state index >= 15 is 0 Å². The fourth-order valence-electron chi connectivity index (χ4n) is 1.51. The molecular formula is C12H16N2O2S2. The molecule has 0 aromatic heterocycles. The van der Waals surface area contributed by atoms with Crippen LogP contribution in [-0.4, -0.2) is 37.4 Å². The van der Waals surface area contributed by atoms with Crippen LogP contribution in [0.5, 0.6) is 0 Å². The fourth-order valence-corrected chi connectivity index (χ4v) is 1.94. The van der Waals surface area contributed by atoms with Gasteiger partial charge in [-0.1, -0.05) is 12.1 Å². The van der Waals surface area contributed by atoms with Crippen molar-refractivity contribution in [2.45, 2.75) is 0 Å². The molecule has 0 unspecified atom stereocenters. The number of carbonyl (C=O) groups excluding carboxylic acids is 2. The zero-order valence-corrected chi connectivity index (χ0v) is 12.1. The molecule has 0 saturated carbocycles. The largest absolute Gasteiger partial charge is 0.313 e. The summed E-state index contributed by atoms with van der Waals surface area (Å²) >= 11 is 7.93. The molecule has 0 bridgehead atoms. The Kier molecular flexibility index (Phi) is 5.55. The number of para-hydroxylation sites is 2. The Hall–Kier alpha value is -1.14. The van der Waals surface area contributed by atoms with E-state index in [1.165, 1.54) is 9.80 Å². The number of hydrogen-bond acceptors (Lipinski definition) is 4. The van der Waals surface area contributed by atoms with Gasteiger partial charge in [0.1, 0.15) is 0 Å². The highest BCUT2D eigenvalue weighted by atomic mass is 32.1. The lowest BCUT2D eigenvalue weighted by molar-refractivity contribution is -0.116. The quantitative estimate of drug-likeness (QED) is 0.822. The number of hydrogen-bond donors (Lipinski definition) is 2. The third kappa shape index (κ3) is 3.20. The van der Waals surface area contributed by atoms with Gasteiger partial charge in [-0.15, -0.1) is 0 Å². The number of rotatable bonds is 4. The van der Waals surface area contributed by atoms with Crippen molar-refractivity contribution in [2.75, 3.05) is 35.4 Å². The van der Waals surface area contributed by atoms with Gasteiger partial charge in [0, 0.05) is 14.1 Å². The van der Waals surface area contributed by atoms with Crippen LogP contribution in [0, 0.1) is 0 Å². The molecule has 1 aromatic rings. The van der Waals surface area contributed by atoms with E-state index in [9.17, 15) is 9.59 Å². The van der Waals surface area contributed by atoms with Crippen LogP contribution < -0.4 is 9.80 Å². The smallest absolute Gasteiger partial charge is 0.236 e. The van der Waals surface area contributed by atoms with Gasteiger partial charge in [0.25, 0.3) is 0 Å². The van der Waals surface area contributed by atoms with Gasteiger partial charge in [-0.2, -0.15) is 25.3 Å². The molecule has 0 N–H and O–H groups in total. The summed E-state index contributed by atoms with van der Waals surface area (Å²) in [6.45, 7) is 0. The van der Waals surface area contributed by atoms with Gasteiger partial charge < -0.3 is 9.80 Å². The maximum absolute atomic E-state index is 11.7. The number of benzene rings is 1. The summed E-state index contributed by atoms with van der Waals surface area (Å²) in [5, 5.41) is 0. The summed E-state index contributed by atoms with van der Waals surface area (Å²) < 4.78 is 0. The minimum absolute atomic E-state index is 0.120. The Morgan fingerprint density at radius 3 is 1.56 bits per heavy atom. The van der Waals surface area contributed by atoms with E-state index in [-0.39, 0.29) is 23.3 Å². The van der Waals surface area contributed by atoms with Crippen molar-refractivity contribution in [1.82, 2.24) is 0 Å². The molecule has 0 atom stereocenters. The van der Waals surface area contributed by atoms with Crippen molar-refractivity contribution in [3.63, 3.8) is 0 Å². The van der Waals surface area contributed by atoms with Crippen LogP contribution in [0.3, 0.4) is 0 Å². The second-order valence-electron chi connectivity index (χ2n) is 3.71. The van der Waals surface area contributed by atoms with Crippen LogP contribution in [-0.2, 0) is 9.59 Å². The molecule has 0 saturated heterocycles. The van der Waals surface area contributed by atoms with E-state index in [1.807, 2.05) is 12.1 Å². The highest BCUT2D eigenvalue weighted by Gasteiger charge is 2.17. The van der Waals surface area contributed by atoms with Crippen molar-refractivity contribution in [3.05, 3.63) is 24.3 Å². The predicted octanol–water partition coefficient (Wildman–Crippen LogP) is 1.47. The lowest BCUT2D eigenvalue weighted by atomic mass is 10.2. The highest BCUT2D eigenvalue weighted by molar-refractivity contribution is 7.81. The van der Waals surface area contributed by atoms with Crippen LogP contribution in [0.15, 0.2) is 24.3 Å². The molecule has 0 spiro atoms. The lowest BCUT2D eigenvalue weighted by Crippen LogP contribution is -2.32. The van der Waals surface area contributed by atoms with Crippen molar-refractivity contribution in [3.8, 4) is 0 Å². The fraction of sp³-hybridized carbons (Fsp3) is 0.333. The molecule has 98 valence electrons. The third-order valence-electron chi connectivity index (χ3n) is 2.62. The SMILES string of the molecule is CN(C(=O)CS)c1ccccc1N(C)C(=O)CS. The Balaban J connectivity index is 3.14. The van der Waals surface area contributed by atoms with Gasteiger partial charge in [0.05, 0.1) is 22.9 Å². The predicted molar refractivity (Wildman–Crippen MR) is 81.0 cm³/mol. The van der Waals surface area contributed by atoms with Gasteiger partial charge in [-0.05, 0) is 12.1 Å². The summed E-state index contributed by atoms with van der Waals surface area (Å²) in [7, 11) is 3.33. The Morgan fingerprint density at radius 2 is 1.28 bits per heavy atom. The molecule has 1 rings (SSSR count).